The van der Waals surface area contributed by atoms with Gasteiger partial charge >= 0.3 is 6.03 Å². The van der Waals surface area contributed by atoms with E-state index in [1.165, 1.54) is 6.26 Å². The highest BCUT2D eigenvalue weighted by molar-refractivity contribution is 5.74. The number of aryl methyl sites for hydroxylation is 2. The average molecular weight is 348 g/mol. The van der Waals surface area contributed by atoms with Gasteiger partial charge < -0.3 is 28.9 Å². The summed E-state index contributed by atoms with van der Waals surface area (Å²) in [5, 5.41) is 13.2. The summed E-state index contributed by atoms with van der Waals surface area (Å²) in [5.74, 6) is 2.13. The molecule has 1 fully saturated rings. The van der Waals surface area contributed by atoms with Gasteiger partial charge in [0.2, 0.25) is 0 Å². The molecule has 3 heterocycles. The van der Waals surface area contributed by atoms with Gasteiger partial charge in [0.25, 0.3) is 0 Å². The Morgan fingerprint density at radius 1 is 1.48 bits per heavy atom. The van der Waals surface area contributed by atoms with Gasteiger partial charge in [0.1, 0.15) is 23.4 Å². The number of rotatable bonds is 5. The van der Waals surface area contributed by atoms with Gasteiger partial charge in [0, 0.05) is 25.1 Å². The van der Waals surface area contributed by atoms with Crippen molar-refractivity contribution in [2.24, 2.45) is 0 Å². The fraction of sp³-hybridized carbons (Fsp3) is 0.500. The van der Waals surface area contributed by atoms with Crippen molar-refractivity contribution >= 4 is 6.03 Å². The molecule has 25 heavy (non-hydrogen) atoms. The Kier molecular flexibility index (Phi) is 5.45. The number of aliphatic hydroxyl groups excluding tert-OH is 1. The van der Waals surface area contributed by atoms with E-state index in [0.717, 1.165) is 17.1 Å². The Hall–Kier alpha value is -2.25. The highest BCUT2D eigenvalue weighted by Crippen LogP contribution is 2.23. The summed E-state index contributed by atoms with van der Waals surface area (Å²) < 4.78 is 16.2. The van der Waals surface area contributed by atoms with E-state index in [1.54, 1.807) is 17.0 Å². The van der Waals surface area contributed by atoms with Crippen LogP contribution in [0.15, 0.2) is 33.3 Å². The van der Waals surface area contributed by atoms with Crippen molar-refractivity contribution in [3.05, 3.63) is 47.3 Å². The van der Waals surface area contributed by atoms with Gasteiger partial charge in [-0.1, -0.05) is 0 Å². The summed E-state index contributed by atoms with van der Waals surface area (Å²) in [4.78, 5) is 14.3. The molecule has 0 unspecified atom stereocenters. The molecule has 2 amide bonds. The number of nitrogens with one attached hydrogen (secondary N) is 1. The van der Waals surface area contributed by atoms with Crippen molar-refractivity contribution in [2.45, 2.75) is 39.0 Å². The SMILES string of the molecule is Cc1cc(CNC(=O)N2CCOC[C@@H]2C[C@H](O)c2ccco2)c(C)o1. The molecule has 2 N–H and O–H groups in total. The minimum atomic E-state index is -0.768. The molecule has 0 radical (unpaired) electrons. The van der Waals surface area contributed by atoms with E-state index in [4.69, 9.17) is 13.6 Å². The maximum Gasteiger partial charge on any atom is 0.318 e. The van der Waals surface area contributed by atoms with Crippen molar-refractivity contribution in [1.82, 2.24) is 10.2 Å². The maximum absolute atomic E-state index is 12.6. The summed E-state index contributed by atoms with van der Waals surface area (Å²) in [5.41, 5.74) is 0.964. The third-order valence-corrected chi connectivity index (χ3v) is 4.43. The minimum absolute atomic E-state index is 0.168. The Bertz CT molecular complexity index is 694. The number of urea groups is 1. The van der Waals surface area contributed by atoms with E-state index in [0.29, 0.717) is 38.5 Å². The summed E-state index contributed by atoms with van der Waals surface area (Å²) in [6, 6.07) is 5.00. The molecule has 7 nitrogen and oxygen atoms in total. The highest BCUT2D eigenvalue weighted by Gasteiger charge is 2.30. The first-order chi connectivity index (χ1) is 12.0. The summed E-state index contributed by atoms with van der Waals surface area (Å²) in [6.45, 7) is 5.55. The van der Waals surface area contributed by atoms with E-state index < -0.39 is 6.10 Å². The number of furan rings is 2. The van der Waals surface area contributed by atoms with E-state index in [1.807, 2.05) is 19.9 Å². The zero-order valence-electron chi connectivity index (χ0n) is 14.5. The van der Waals surface area contributed by atoms with Gasteiger partial charge in [-0.15, -0.1) is 0 Å². The highest BCUT2D eigenvalue weighted by atomic mass is 16.5. The number of hydrogen-bond donors (Lipinski definition) is 2. The Labute approximate surface area is 146 Å². The average Bonchev–Trinajstić information content (AvgIpc) is 3.23. The van der Waals surface area contributed by atoms with Crippen LogP contribution in [0, 0.1) is 13.8 Å². The molecule has 3 rings (SSSR count). The predicted octanol–water partition coefficient (Wildman–Crippen LogP) is 2.52. The summed E-state index contributed by atoms with van der Waals surface area (Å²) in [7, 11) is 0. The Balaban J connectivity index is 1.59. The van der Waals surface area contributed by atoms with Crippen LogP contribution < -0.4 is 5.32 Å². The normalized spacial score (nSPS) is 19.0. The number of ether oxygens (including phenoxy) is 1. The van der Waals surface area contributed by atoms with Crippen molar-refractivity contribution in [3.8, 4) is 0 Å². The molecule has 1 saturated heterocycles. The first-order valence-corrected chi connectivity index (χ1v) is 8.44. The largest absolute Gasteiger partial charge is 0.467 e. The van der Waals surface area contributed by atoms with Gasteiger partial charge in [-0.2, -0.15) is 0 Å². The molecule has 1 aliphatic rings. The van der Waals surface area contributed by atoms with Crippen LogP contribution in [0.3, 0.4) is 0 Å². The lowest BCUT2D eigenvalue weighted by molar-refractivity contribution is -0.00974. The van der Waals surface area contributed by atoms with E-state index in [2.05, 4.69) is 5.32 Å². The second-order valence-corrected chi connectivity index (χ2v) is 6.29. The second-order valence-electron chi connectivity index (χ2n) is 6.29. The van der Waals surface area contributed by atoms with Gasteiger partial charge in [-0.3, -0.25) is 0 Å². The van der Waals surface area contributed by atoms with Crippen molar-refractivity contribution in [2.75, 3.05) is 19.8 Å². The molecule has 0 saturated carbocycles. The molecule has 0 spiro atoms. The van der Waals surface area contributed by atoms with Crippen LogP contribution in [0.25, 0.3) is 0 Å². The van der Waals surface area contributed by atoms with Gasteiger partial charge in [-0.25, -0.2) is 4.79 Å². The monoisotopic (exact) mass is 348 g/mol. The number of hydrogen-bond acceptors (Lipinski definition) is 5. The Morgan fingerprint density at radius 2 is 2.32 bits per heavy atom. The summed E-state index contributed by atoms with van der Waals surface area (Å²) in [6.07, 6.45) is 1.12. The standard InChI is InChI=1S/C18H24N2O5/c1-12-8-14(13(2)25-12)10-19-18(22)20-5-7-23-11-15(20)9-16(21)17-4-3-6-24-17/h3-4,6,8,15-16,21H,5,7,9-11H2,1-2H3,(H,19,22)/t15-,16-/m0/s1. The van der Waals surface area contributed by atoms with Crippen LogP contribution in [0.4, 0.5) is 4.79 Å². The molecule has 0 aliphatic carbocycles. The van der Waals surface area contributed by atoms with E-state index in [-0.39, 0.29) is 12.1 Å². The molecule has 0 bridgehead atoms. The predicted molar refractivity (Wildman–Crippen MR) is 90.0 cm³/mol. The lowest BCUT2D eigenvalue weighted by Gasteiger charge is -2.36. The number of morpholine rings is 1. The molecule has 2 atom stereocenters. The van der Waals surface area contributed by atoms with E-state index >= 15 is 0 Å². The molecule has 1 aliphatic heterocycles. The van der Waals surface area contributed by atoms with Gasteiger partial charge in [0.05, 0.1) is 25.5 Å². The first-order valence-electron chi connectivity index (χ1n) is 8.44. The summed E-state index contributed by atoms with van der Waals surface area (Å²) >= 11 is 0. The quantitative estimate of drug-likeness (QED) is 0.867. The third kappa shape index (κ3) is 4.24. The molecular formula is C18H24N2O5. The van der Waals surface area contributed by atoms with Crippen LogP contribution in [0.5, 0.6) is 0 Å². The lowest BCUT2D eigenvalue weighted by atomic mass is 10.1. The fourth-order valence-electron chi connectivity index (χ4n) is 3.10. The van der Waals surface area contributed by atoms with Gasteiger partial charge in [-0.05, 0) is 32.0 Å². The smallest absolute Gasteiger partial charge is 0.318 e. The minimum Gasteiger partial charge on any atom is -0.467 e. The van der Waals surface area contributed by atoms with Crippen LogP contribution in [0.2, 0.25) is 0 Å². The van der Waals surface area contributed by atoms with Gasteiger partial charge in [0.15, 0.2) is 0 Å². The fourth-order valence-corrected chi connectivity index (χ4v) is 3.10. The molecule has 2 aromatic rings. The molecule has 2 aromatic heterocycles. The number of amides is 2. The molecule has 0 aromatic carbocycles. The topological polar surface area (TPSA) is 88.1 Å². The molecule has 136 valence electrons. The number of aliphatic hydroxyl groups is 1. The third-order valence-electron chi connectivity index (χ3n) is 4.43. The number of nitrogens with zero attached hydrogens (tertiary/aromatic N) is 1. The second kappa shape index (κ2) is 7.76. The van der Waals surface area contributed by atoms with Crippen LogP contribution in [-0.4, -0.2) is 41.8 Å². The molecular weight excluding hydrogens is 324 g/mol. The Morgan fingerprint density at radius 3 is 3.00 bits per heavy atom. The molecule has 7 heteroatoms. The zero-order valence-corrected chi connectivity index (χ0v) is 14.5. The zero-order chi connectivity index (χ0) is 17.8. The van der Waals surface area contributed by atoms with Crippen molar-refractivity contribution in [1.29, 1.82) is 0 Å². The number of carbonyl (C=O) groups excluding carboxylic acids is 1. The van der Waals surface area contributed by atoms with Crippen LogP contribution in [-0.2, 0) is 11.3 Å². The van der Waals surface area contributed by atoms with Crippen molar-refractivity contribution in [3.63, 3.8) is 0 Å². The van der Waals surface area contributed by atoms with Crippen molar-refractivity contribution < 1.29 is 23.5 Å². The van der Waals surface area contributed by atoms with Crippen LogP contribution >= 0.6 is 0 Å². The van der Waals surface area contributed by atoms with Crippen LogP contribution in [0.1, 0.15) is 35.4 Å². The first kappa shape index (κ1) is 17.6. The van der Waals surface area contributed by atoms with E-state index in [9.17, 15) is 9.90 Å². The lowest BCUT2D eigenvalue weighted by Crippen LogP contribution is -2.52. The number of carbonyl (C=O) groups is 1. The maximum atomic E-state index is 12.6.